The molecular formula is C17H13N3OS. The average molecular weight is 307 g/mol. The summed E-state index contributed by atoms with van der Waals surface area (Å²) >= 11 is 1.67. The molecule has 0 bridgehead atoms. The molecule has 22 heavy (non-hydrogen) atoms. The van der Waals surface area contributed by atoms with Gasteiger partial charge in [0.15, 0.2) is 5.65 Å². The number of aromatic nitrogens is 3. The Morgan fingerprint density at radius 3 is 2.68 bits per heavy atom. The summed E-state index contributed by atoms with van der Waals surface area (Å²) < 4.78 is 1.89. The van der Waals surface area contributed by atoms with Crippen molar-refractivity contribution in [1.29, 1.82) is 0 Å². The fourth-order valence-electron chi connectivity index (χ4n) is 2.42. The minimum atomic E-state index is 0.278. The highest BCUT2D eigenvalue weighted by Crippen LogP contribution is 2.23. The molecule has 108 valence electrons. The monoisotopic (exact) mass is 307 g/mol. The second kappa shape index (κ2) is 5.27. The third-order valence-corrected chi connectivity index (χ3v) is 4.42. The number of hydrogen-bond donors (Lipinski definition) is 1. The number of hydrogen-bond acceptors (Lipinski definition) is 4. The number of imidazole rings is 1. The van der Waals surface area contributed by atoms with Crippen molar-refractivity contribution < 1.29 is 5.11 Å². The maximum Gasteiger partial charge on any atom is 0.153 e. The Morgan fingerprint density at radius 2 is 1.91 bits per heavy atom. The van der Waals surface area contributed by atoms with E-state index in [2.05, 4.69) is 11.1 Å². The predicted octanol–water partition coefficient (Wildman–Crippen LogP) is 3.75. The minimum Gasteiger partial charge on any atom is -0.508 e. The van der Waals surface area contributed by atoms with E-state index >= 15 is 0 Å². The number of benzene rings is 1. The molecule has 0 spiro atoms. The largest absolute Gasteiger partial charge is 0.508 e. The molecule has 4 nitrogen and oxygen atoms in total. The first kappa shape index (κ1) is 13.0. The maximum absolute atomic E-state index is 9.37. The molecule has 0 atom stereocenters. The van der Waals surface area contributed by atoms with Gasteiger partial charge in [-0.15, -0.1) is 11.3 Å². The summed E-state index contributed by atoms with van der Waals surface area (Å²) in [6.45, 7) is 0. The van der Waals surface area contributed by atoms with E-state index in [1.165, 1.54) is 0 Å². The highest BCUT2D eigenvalue weighted by atomic mass is 32.1. The quantitative estimate of drug-likeness (QED) is 0.627. The molecule has 4 aromatic rings. The van der Waals surface area contributed by atoms with Crippen molar-refractivity contribution in [3.05, 3.63) is 71.4 Å². The molecule has 0 amide bonds. The topological polar surface area (TPSA) is 50.4 Å². The second-order valence-electron chi connectivity index (χ2n) is 5.06. The number of rotatable bonds is 3. The van der Waals surface area contributed by atoms with Crippen LogP contribution in [0, 0.1) is 0 Å². The molecule has 0 aliphatic heterocycles. The molecule has 0 unspecified atom stereocenters. The fourth-order valence-corrected chi connectivity index (χ4v) is 3.11. The Kier molecular flexibility index (Phi) is 3.12. The van der Waals surface area contributed by atoms with Crippen LogP contribution in [-0.4, -0.2) is 19.7 Å². The van der Waals surface area contributed by atoms with E-state index in [-0.39, 0.29) is 5.75 Å². The zero-order chi connectivity index (χ0) is 14.9. The summed E-state index contributed by atoms with van der Waals surface area (Å²) in [5, 5.41) is 16.1. The van der Waals surface area contributed by atoms with Gasteiger partial charge in [-0.2, -0.15) is 5.10 Å². The molecule has 0 saturated carbocycles. The van der Waals surface area contributed by atoms with Gasteiger partial charge in [-0.1, -0.05) is 18.2 Å². The minimum absolute atomic E-state index is 0.278. The first-order chi connectivity index (χ1) is 10.8. The Labute approximate surface area is 131 Å². The lowest BCUT2D eigenvalue weighted by atomic mass is 10.1. The standard InChI is InChI=1S/C17H13N3OS/c21-14-5-3-12(4-6-14)10-13-11-18-17-8-7-15(19-20(13)17)16-2-1-9-22-16/h1-9,11,21H,10H2. The molecule has 0 saturated heterocycles. The van der Waals surface area contributed by atoms with Gasteiger partial charge in [-0.25, -0.2) is 9.50 Å². The van der Waals surface area contributed by atoms with E-state index in [0.29, 0.717) is 0 Å². The van der Waals surface area contributed by atoms with Crippen molar-refractivity contribution in [1.82, 2.24) is 14.6 Å². The third kappa shape index (κ3) is 2.35. The van der Waals surface area contributed by atoms with Crippen LogP contribution in [0.1, 0.15) is 11.3 Å². The van der Waals surface area contributed by atoms with Crippen LogP contribution < -0.4 is 0 Å². The van der Waals surface area contributed by atoms with Crippen LogP contribution in [0.5, 0.6) is 5.75 Å². The van der Waals surface area contributed by atoms with E-state index < -0.39 is 0 Å². The predicted molar refractivity (Wildman–Crippen MR) is 87.2 cm³/mol. The normalized spacial score (nSPS) is 11.1. The second-order valence-corrected chi connectivity index (χ2v) is 6.01. The van der Waals surface area contributed by atoms with Crippen molar-refractivity contribution in [2.24, 2.45) is 0 Å². The summed E-state index contributed by atoms with van der Waals surface area (Å²) in [6.07, 6.45) is 2.58. The summed E-state index contributed by atoms with van der Waals surface area (Å²) in [6, 6.07) is 15.3. The lowest BCUT2D eigenvalue weighted by molar-refractivity contribution is 0.475. The number of aromatic hydroxyl groups is 1. The van der Waals surface area contributed by atoms with Gasteiger partial charge in [0.2, 0.25) is 0 Å². The van der Waals surface area contributed by atoms with Crippen LogP contribution in [0.2, 0.25) is 0 Å². The zero-order valence-electron chi connectivity index (χ0n) is 11.7. The van der Waals surface area contributed by atoms with E-state index in [4.69, 9.17) is 5.10 Å². The maximum atomic E-state index is 9.37. The Balaban J connectivity index is 1.74. The highest BCUT2D eigenvalue weighted by Gasteiger charge is 2.08. The van der Waals surface area contributed by atoms with Gasteiger partial charge < -0.3 is 5.11 Å². The fraction of sp³-hybridized carbons (Fsp3) is 0.0588. The van der Waals surface area contributed by atoms with Gasteiger partial charge in [-0.3, -0.25) is 0 Å². The van der Waals surface area contributed by atoms with E-state index in [1.54, 1.807) is 23.5 Å². The van der Waals surface area contributed by atoms with Crippen molar-refractivity contribution >= 4 is 17.0 Å². The van der Waals surface area contributed by atoms with Gasteiger partial charge in [0.05, 0.1) is 16.8 Å². The summed E-state index contributed by atoms with van der Waals surface area (Å²) in [4.78, 5) is 5.55. The van der Waals surface area contributed by atoms with Crippen LogP contribution in [-0.2, 0) is 6.42 Å². The molecule has 3 aromatic heterocycles. The molecule has 0 fully saturated rings. The number of phenols is 1. The van der Waals surface area contributed by atoms with Crippen molar-refractivity contribution in [2.75, 3.05) is 0 Å². The van der Waals surface area contributed by atoms with E-state index in [9.17, 15) is 5.11 Å². The summed E-state index contributed by atoms with van der Waals surface area (Å²) in [5.74, 6) is 0.278. The molecule has 1 N–H and O–H groups in total. The number of thiophene rings is 1. The Hall–Kier alpha value is -2.66. The molecule has 5 heteroatoms. The summed E-state index contributed by atoms with van der Waals surface area (Å²) in [7, 11) is 0. The van der Waals surface area contributed by atoms with Crippen LogP contribution >= 0.6 is 11.3 Å². The van der Waals surface area contributed by atoms with Gasteiger partial charge in [-0.05, 0) is 41.3 Å². The number of nitrogens with zero attached hydrogens (tertiary/aromatic N) is 3. The van der Waals surface area contributed by atoms with Crippen molar-refractivity contribution in [3.63, 3.8) is 0 Å². The lowest BCUT2D eigenvalue weighted by Crippen LogP contribution is -1.99. The number of fused-ring (bicyclic) bond motifs is 1. The Morgan fingerprint density at radius 1 is 1.05 bits per heavy atom. The van der Waals surface area contributed by atoms with Crippen molar-refractivity contribution in [3.8, 4) is 16.3 Å². The third-order valence-electron chi connectivity index (χ3n) is 3.53. The van der Waals surface area contributed by atoms with Crippen LogP contribution in [0.15, 0.2) is 60.1 Å². The molecule has 0 radical (unpaired) electrons. The highest BCUT2D eigenvalue weighted by molar-refractivity contribution is 7.13. The van der Waals surface area contributed by atoms with Gasteiger partial charge in [0.1, 0.15) is 11.4 Å². The number of phenolic OH excluding ortho intramolecular Hbond substituents is 1. The summed E-state index contributed by atoms with van der Waals surface area (Å²) in [5.41, 5.74) is 3.93. The average Bonchev–Trinajstić information content (AvgIpc) is 3.19. The first-order valence-corrected chi connectivity index (χ1v) is 7.83. The molecule has 0 aliphatic rings. The molecular weight excluding hydrogens is 294 g/mol. The molecule has 4 rings (SSSR count). The van der Waals surface area contributed by atoms with Gasteiger partial charge in [0, 0.05) is 6.42 Å². The zero-order valence-corrected chi connectivity index (χ0v) is 12.5. The van der Waals surface area contributed by atoms with Crippen molar-refractivity contribution in [2.45, 2.75) is 6.42 Å². The van der Waals surface area contributed by atoms with Crippen LogP contribution in [0.3, 0.4) is 0 Å². The van der Waals surface area contributed by atoms with E-state index in [0.717, 1.165) is 33.9 Å². The smallest absolute Gasteiger partial charge is 0.153 e. The molecule has 0 aliphatic carbocycles. The van der Waals surface area contributed by atoms with Gasteiger partial charge in [0.25, 0.3) is 0 Å². The first-order valence-electron chi connectivity index (χ1n) is 6.95. The SMILES string of the molecule is Oc1ccc(Cc2cnc3ccc(-c4cccs4)nn23)cc1. The molecule has 3 heterocycles. The lowest BCUT2D eigenvalue weighted by Gasteiger charge is -2.03. The Bertz CT molecular complexity index is 911. The van der Waals surface area contributed by atoms with Crippen LogP contribution in [0.4, 0.5) is 0 Å². The van der Waals surface area contributed by atoms with E-state index in [1.807, 2.05) is 46.4 Å². The van der Waals surface area contributed by atoms with Gasteiger partial charge >= 0.3 is 0 Å². The van der Waals surface area contributed by atoms with Crippen LogP contribution in [0.25, 0.3) is 16.2 Å². The molecule has 1 aromatic carbocycles.